The summed E-state index contributed by atoms with van der Waals surface area (Å²) in [7, 11) is 0. The van der Waals surface area contributed by atoms with Crippen LogP contribution in [0.2, 0.25) is 0 Å². The molecular formula is C21H31N3O2. The van der Waals surface area contributed by atoms with Gasteiger partial charge in [0.05, 0.1) is 5.92 Å². The largest absolute Gasteiger partial charge is 0.355 e. The van der Waals surface area contributed by atoms with Crippen molar-refractivity contribution in [3.63, 3.8) is 0 Å². The molecule has 1 atom stereocenters. The first-order valence-corrected chi connectivity index (χ1v) is 9.90. The molecular weight excluding hydrogens is 326 g/mol. The molecule has 0 aromatic heterocycles. The molecule has 1 aromatic carbocycles. The molecule has 0 aliphatic carbocycles. The number of rotatable bonds is 5. The lowest BCUT2D eigenvalue weighted by molar-refractivity contribution is -0.126. The molecule has 2 aliphatic rings. The fourth-order valence-corrected chi connectivity index (χ4v) is 4.14. The second-order valence-electron chi connectivity index (χ2n) is 7.81. The summed E-state index contributed by atoms with van der Waals surface area (Å²) in [6.07, 6.45) is 4.30. The summed E-state index contributed by atoms with van der Waals surface area (Å²) in [5.41, 5.74) is 2.93. The molecule has 26 heavy (non-hydrogen) atoms. The molecule has 1 N–H and O–H groups in total. The van der Waals surface area contributed by atoms with E-state index in [2.05, 4.69) is 16.3 Å². The van der Waals surface area contributed by atoms with E-state index in [4.69, 9.17) is 0 Å². The number of amides is 2. The van der Waals surface area contributed by atoms with Gasteiger partial charge in [-0.25, -0.2) is 0 Å². The van der Waals surface area contributed by atoms with E-state index < -0.39 is 0 Å². The highest BCUT2D eigenvalue weighted by Crippen LogP contribution is 2.20. The van der Waals surface area contributed by atoms with E-state index >= 15 is 0 Å². The number of likely N-dealkylation sites (tertiary alicyclic amines) is 2. The average molecular weight is 357 g/mol. The number of nitrogens with zero attached hydrogens (tertiary/aromatic N) is 2. The van der Waals surface area contributed by atoms with E-state index in [-0.39, 0.29) is 17.7 Å². The summed E-state index contributed by atoms with van der Waals surface area (Å²) in [6.45, 7) is 9.23. The van der Waals surface area contributed by atoms with Crippen LogP contribution in [0.3, 0.4) is 0 Å². The van der Waals surface area contributed by atoms with Crippen molar-refractivity contribution < 1.29 is 9.59 Å². The molecule has 0 radical (unpaired) electrons. The molecule has 0 unspecified atom stereocenters. The van der Waals surface area contributed by atoms with Crippen molar-refractivity contribution in [2.24, 2.45) is 5.92 Å². The lowest BCUT2D eigenvalue weighted by Crippen LogP contribution is -2.46. The summed E-state index contributed by atoms with van der Waals surface area (Å²) < 4.78 is 0. The number of piperidine rings is 1. The zero-order valence-corrected chi connectivity index (χ0v) is 16.1. The SMILES string of the molecule is Cc1cc(C)cc(C(=O)N2CCC[C@@H](C(=O)NCCN3CCCC3)C2)c1. The van der Waals surface area contributed by atoms with Gasteiger partial charge in [0.1, 0.15) is 0 Å². The van der Waals surface area contributed by atoms with Gasteiger partial charge in [-0.15, -0.1) is 0 Å². The van der Waals surface area contributed by atoms with Gasteiger partial charge in [0.15, 0.2) is 0 Å². The first kappa shape index (κ1) is 18.9. The van der Waals surface area contributed by atoms with Gasteiger partial charge >= 0.3 is 0 Å². The molecule has 2 aliphatic heterocycles. The van der Waals surface area contributed by atoms with Crippen molar-refractivity contribution in [3.05, 3.63) is 34.9 Å². The monoisotopic (exact) mass is 357 g/mol. The Kier molecular flexibility index (Phi) is 6.30. The quantitative estimate of drug-likeness (QED) is 0.880. The number of hydrogen-bond donors (Lipinski definition) is 1. The van der Waals surface area contributed by atoms with Crippen molar-refractivity contribution in [1.29, 1.82) is 0 Å². The number of nitrogens with one attached hydrogen (secondary N) is 1. The maximum Gasteiger partial charge on any atom is 0.253 e. The van der Waals surface area contributed by atoms with E-state index in [9.17, 15) is 9.59 Å². The minimum Gasteiger partial charge on any atom is -0.355 e. The number of benzene rings is 1. The highest BCUT2D eigenvalue weighted by atomic mass is 16.2. The van der Waals surface area contributed by atoms with Gasteiger partial charge in [0.2, 0.25) is 5.91 Å². The normalized spacial score (nSPS) is 21.0. The van der Waals surface area contributed by atoms with Crippen molar-refractivity contribution >= 4 is 11.8 Å². The Balaban J connectivity index is 1.52. The van der Waals surface area contributed by atoms with Crippen LogP contribution < -0.4 is 5.32 Å². The molecule has 2 fully saturated rings. The second kappa shape index (κ2) is 8.67. The number of carbonyl (C=O) groups excluding carboxylic acids is 2. The van der Waals surface area contributed by atoms with Gasteiger partial charge in [-0.1, -0.05) is 17.2 Å². The van der Waals surface area contributed by atoms with Crippen molar-refractivity contribution in [1.82, 2.24) is 15.1 Å². The molecule has 142 valence electrons. The Hall–Kier alpha value is -1.88. The molecule has 2 heterocycles. The van der Waals surface area contributed by atoms with Crippen LogP contribution in [0.1, 0.15) is 47.2 Å². The molecule has 1 aromatic rings. The zero-order valence-electron chi connectivity index (χ0n) is 16.1. The van der Waals surface area contributed by atoms with Gasteiger partial charge in [-0.3, -0.25) is 9.59 Å². The summed E-state index contributed by atoms with van der Waals surface area (Å²) in [6, 6.07) is 5.95. The van der Waals surface area contributed by atoms with E-state index in [1.807, 2.05) is 30.9 Å². The number of hydrogen-bond acceptors (Lipinski definition) is 3. The van der Waals surface area contributed by atoms with Crippen LogP contribution in [0.4, 0.5) is 0 Å². The van der Waals surface area contributed by atoms with Gasteiger partial charge in [-0.2, -0.15) is 0 Å². The minimum absolute atomic E-state index is 0.0476. The van der Waals surface area contributed by atoms with Crippen LogP contribution in [-0.4, -0.2) is 60.9 Å². The van der Waals surface area contributed by atoms with Crippen molar-refractivity contribution in [3.8, 4) is 0 Å². The lowest BCUT2D eigenvalue weighted by Gasteiger charge is -2.32. The lowest BCUT2D eigenvalue weighted by atomic mass is 9.96. The molecule has 5 heteroatoms. The molecule has 0 spiro atoms. The molecule has 2 saturated heterocycles. The Morgan fingerprint density at radius 2 is 1.73 bits per heavy atom. The summed E-state index contributed by atoms with van der Waals surface area (Å²) in [5.74, 6) is 0.0608. The van der Waals surface area contributed by atoms with Crippen molar-refractivity contribution in [2.75, 3.05) is 39.3 Å². The van der Waals surface area contributed by atoms with Crippen LogP contribution in [0, 0.1) is 19.8 Å². The third-order valence-corrected chi connectivity index (χ3v) is 5.47. The van der Waals surface area contributed by atoms with Crippen LogP contribution in [0.25, 0.3) is 0 Å². The smallest absolute Gasteiger partial charge is 0.253 e. The van der Waals surface area contributed by atoms with Gasteiger partial charge in [-0.05, 0) is 64.8 Å². The zero-order chi connectivity index (χ0) is 18.5. The molecule has 5 nitrogen and oxygen atoms in total. The third-order valence-electron chi connectivity index (χ3n) is 5.47. The first-order valence-electron chi connectivity index (χ1n) is 9.90. The fourth-order valence-electron chi connectivity index (χ4n) is 4.14. The van der Waals surface area contributed by atoms with Gasteiger partial charge in [0.25, 0.3) is 5.91 Å². The predicted octanol–water partition coefficient (Wildman–Crippen LogP) is 2.37. The van der Waals surface area contributed by atoms with E-state index in [0.717, 1.165) is 55.7 Å². The number of carbonyl (C=O) groups is 2. The maximum absolute atomic E-state index is 12.8. The van der Waals surface area contributed by atoms with Crippen LogP contribution in [0.15, 0.2) is 18.2 Å². The number of aryl methyl sites for hydroxylation is 2. The average Bonchev–Trinajstić information content (AvgIpc) is 3.13. The maximum atomic E-state index is 12.8. The highest BCUT2D eigenvalue weighted by molar-refractivity contribution is 5.95. The minimum atomic E-state index is -0.0859. The Morgan fingerprint density at radius 1 is 1.04 bits per heavy atom. The first-order chi connectivity index (χ1) is 12.5. The molecule has 0 bridgehead atoms. The summed E-state index contributed by atoms with van der Waals surface area (Å²) in [5, 5.41) is 3.08. The van der Waals surface area contributed by atoms with Crippen molar-refractivity contribution in [2.45, 2.75) is 39.5 Å². The molecule has 2 amide bonds. The van der Waals surface area contributed by atoms with E-state index in [0.29, 0.717) is 13.1 Å². The topological polar surface area (TPSA) is 52.7 Å². The van der Waals surface area contributed by atoms with Crippen LogP contribution in [0.5, 0.6) is 0 Å². The third kappa shape index (κ3) is 4.85. The van der Waals surface area contributed by atoms with Gasteiger partial charge < -0.3 is 15.1 Å². The summed E-state index contributed by atoms with van der Waals surface area (Å²) >= 11 is 0. The van der Waals surface area contributed by atoms with E-state index in [1.54, 1.807) is 0 Å². The Bertz CT molecular complexity index is 632. The standard InChI is InChI=1S/C21H31N3O2/c1-16-12-17(2)14-19(13-16)21(26)24-10-5-6-18(15-24)20(25)22-7-11-23-8-3-4-9-23/h12-14,18H,3-11,15H2,1-2H3,(H,22,25)/t18-/m1/s1. The predicted molar refractivity (Wildman–Crippen MR) is 103 cm³/mol. The van der Waals surface area contributed by atoms with Gasteiger partial charge in [0, 0.05) is 31.7 Å². The molecule has 0 saturated carbocycles. The second-order valence-corrected chi connectivity index (χ2v) is 7.81. The fraction of sp³-hybridized carbons (Fsp3) is 0.619. The van der Waals surface area contributed by atoms with Crippen LogP contribution >= 0.6 is 0 Å². The molecule has 3 rings (SSSR count). The van der Waals surface area contributed by atoms with Crippen LogP contribution in [-0.2, 0) is 4.79 Å². The highest BCUT2D eigenvalue weighted by Gasteiger charge is 2.29. The van der Waals surface area contributed by atoms with E-state index in [1.165, 1.54) is 12.8 Å². The summed E-state index contributed by atoms with van der Waals surface area (Å²) in [4.78, 5) is 29.6. The Morgan fingerprint density at radius 3 is 2.42 bits per heavy atom. The Labute approximate surface area is 156 Å².